The van der Waals surface area contributed by atoms with Crippen molar-refractivity contribution in [2.75, 3.05) is 19.6 Å². The Morgan fingerprint density at radius 1 is 1.43 bits per heavy atom. The maximum Gasteiger partial charge on any atom is 0.274 e. The number of fused-ring (bicyclic) bond motifs is 1. The molecule has 0 bridgehead atoms. The van der Waals surface area contributed by atoms with E-state index in [4.69, 9.17) is 0 Å². The molecule has 4 heterocycles. The predicted molar refractivity (Wildman–Crippen MR) is 84.9 cm³/mol. The van der Waals surface area contributed by atoms with Crippen molar-refractivity contribution < 1.29 is 4.79 Å². The molecule has 1 fully saturated rings. The van der Waals surface area contributed by atoms with Crippen LogP contribution in [0.2, 0.25) is 0 Å². The number of piperidine rings is 1. The molecule has 0 aromatic carbocycles. The third-order valence-corrected chi connectivity index (χ3v) is 5.12. The van der Waals surface area contributed by atoms with Crippen LogP contribution in [0.25, 0.3) is 0 Å². The molecule has 2 atom stereocenters. The molecule has 2 N–H and O–H groups in total. The molecule has 0 aliphatic carbocycles. The molecule has 0 spiro atoms. The van der Waals surface area contributed by atoms with E-state index in [9.17, 15) is 4.79 Å². The Bertz CT molecular complexity index is 691. The summed E-state index contributed by atoms with van der Waals surface area (Å²) in [7, 11) is 0. The van der Waals surface area contributed by atoms with Gasteiger partial charge in [0, 0.05) is 56.3 Å². The molecule has 0 radical (unpaired) electrons. The highest BCUT2D eigenvalue weighted by Crippen LogP contribution is 2.29. The van der Waals surface area contributed by atoms with Crippen LogP contribution in [-0.2, 0) is 13.0 Å². The van der Waals surface area contributed by atoms with Crippen LogP contribution >= 0.6 is 0 Å². The van der Waals surface area contributed by atoms with Gasteiger partial charge in [-0.1, -0.05) is 6.92 Å². The van der Waals surface area contributed by atoms with Crippen LogP contribution in [0.3, 0.4) is 0 Å². The van der Waals surface area contributed by atoms with Gasteiger partial charge in [0.25, 0.3) is 5.91 Å². The average molecular weight is 314 g/mol. The summed E-state index contributed by atoms with van der Waals surface area (Å²) in [5.74, 6) is 0.575. The van der Waals surface area contributed by atoms with Gasteiger partial charge in [-0.25, -0.2) is 4.98 Å². The van der Waals surface area contributed by atoms with Crippen molar-refractivity contribution in [2.45, 2.75) is 32.4 Å². The van der Waals surface area contributed by atoms with Crippen molar-refractivity contribution in [3.05, 3.63) is 35.7 Å². The predicted octanol–water partition coefficient (Wildman–Crippen LogP) is 0.975. The number of hydrogen-bond donors (Lipinski definition) is 2. The first-order chi connectivity index (χ1) is 11.2. The Balaban J connectivity index is 1.56. The molecular weight excluding hydrogens is 292 g/mol. The van der Waals surface area contributed by atoms with E-state index >= 15 is 0 Å². The number of carbonyl (C=O) groups excluding carboxylic acids is 1. The largest absolute Gasteiger partial charge is 0.335 e. The smallest absolute Gasteiger partial charge is 0.274 e. The van der Waals surface area contributed by atoms with Crippen molar-refractivity contribution in [3.8, 4) is 0 Å². The van der Waals surface area contributed by atoms with E-state index < -0.39 is 0 Å². The van der Waals surface area contributed by atoms with Crippen molar-refractivity contribution in [1.82, 2.24) is 30.0 Å². The number of carbonyl (C=O) groups is 1. The number of H-pyrrole nitrogens is 1. The van der Waals surface area contributed by atoms with Crippen molar-refractivity contribution >= 4 is 5.91 Å². The van der Waals surface area contributed by atoms with E-state index in [1.54, 1.807) is 6.20 Å². The van der Waals surface area contributed by atoms with Crippen LogP contribution in [0.15, 0.2) is 18.7 Å². The molecule has 2 aliphatic heterocycles. The molecule has 23 heavy (non-hydrogen) atoms. The van der Waals surface area contributed by atoms with Gasteiger partial charge in [0.15, 0.2) is 5.69 Å². The van der Waals surface area contributed by atoms with Crippen molar-refractivity contribution in [1.29, 1.82) is 0 Å². The number of hydrogen-bond acceptors (Lipinski definition) is 4. The molecule has 4 rings (SSSR count). The second kappa shape index (κ2) is 5.81. The number of aromatic amines is 1. The quantitative estimate of drug-likeness (QED) is 0.866. The standard InChI is InChI=1S/C16H22N6O/c1-11-3-6-21(9-14(11)22-7-5-18-10-22)16(23)15-12-8-17-4-2-13(12)19-20-15/h5,7,10-11,14,17H,2-4,6,8-9H2,1H3,(H,19,20). The first kappa shape index (κ1) is 14.4. The molecule has 122 valence electrons. The molecule has 2 aliphatic rings. The summed E-state index contributed by atoms with van der Waals surface area (Å²) in [6.07, 6.45) is 7.53. The number of nitrogens with one attached hydrogen (secondary N) is 2. The molecule has 7 nitrogen and oxygen atoms in total. The fourth-order valence-electron chi connectivity index (χ4n) is 3.64. The van der Waals surface area contributed by atoms with Gasteiger partial charge in [0.1, 0.15) is 0 Å². The Hall–Kier alpha value is -2.15. The SMILES string of the molecule is CC1CCN(C(=O)c2n[nH]c3c2CNCC3)CC1n1ccnc1. The number of likely N-dealkylation sites (tertiary alicyclic amines) is 1. The summed E-state index contributed by atoms with van der Waals surface area (Å²) in [6, 6.07) is 0.281. The van der Waals surface area contributed by atoms with E-state index in [1.807, 2.05) is 17.4 Å². The van der Waals surface area contributed by atoms with Crippen LogP contribution in [0.5, 0.6) is 0 Å². The third-order valence-electron chi connectivity index (χ3n) is 5.12. The summed E-state index contributed by atoms with van der Waals surface area (Å²) in [4.78, 5) is 19.0. The molecule has 1 amide bonds. The highest BCUT2D eigenvalue weighted by Gasteiger charge is 2.32. The van der Waals surface area contributed by atoms with Gasteiger partial charge in [-0.05, 0) is 12.3 Å². The summed E-state index contributed by atoms with van der Waals surface area (Å²) >= 11 is 0. The summed E-state index contributed by atoms with van der Waals surface area (Å²) in [5, 5.41) is 10.7. The normalized spacial score (nSPS) is 24.5. The van der Waals surface area contributed by atoms with E-state index in [-0.39, 0.29) is 11.9 Å². The van der Waals surface area contributed by atoms with Gasteiger partial charge >= 0.3 is 0 Å². The zero-order valence-corrected chi connectivity index (χ0v) is 13.3. The van der Waals surface area contributed by atoms with Gasteiger partial charge in [-0.15, -0.1) is 0 Å². The van der Waals surface area contributed by atoms with Crippen LogP contribution in [0.4, 0.5) is 0 Å². The number of amides is 1. The Morgan fingerprint density at radius 2 is 2.35 bits per heavy atom. The lowest BCUT2D eigenvalue weighted by Crippen LogP contribution is -2.44. The second-order valence-corrected chi connectivity index (χ2v) is 6.55. The lowest BCUT2D eigenvalue weighted by molar-refractivity contribution is 0.0614. The molecule has 0 saturated carbocycles. The van der Waals surface area contributed by atoms with E-state index in [0.717, 1.165) is 43.7 Å². The van der Waals surface area contributed by atoms with Gasteiger partial charge in [-0.3, -0.25) is 9.89 Å². The Morgan fingerprint density at radius 3 is 3.17 bits per heavy atom. The van der Waals surface area contributed by atoms with E-state index in [1.165, 1.54) is 0 Å². The van der Waals surface area contributed by atoms with E-state index in [0.29, 0.717) is 18.2 Å². The molecule has 7 heteroatoms. The lowest BCUT2D eigenvalue weighted by Gasteiger charge is -2.37. The maximum absolute atomic E-state index is 12.9. The number of nitrogens with zero attached hydrogens (tertiary/aromatic N) is 4. The monoisotopic (exact) mass is 314 g/mol. The van der Waals surface area contributed by atoms with Gasteiger partial charge in [0.05, 0.1) is 12.4 Å². The fraction of sp³-hybridized carbons (Fsp3) is 0.562. The number of aromatic nitrogens is 4. The molecule has 1 saturated heterocycles. The maximum atomic E-state index is 12.9. The van der Waals surface area contributed by atoms with Gasteiger partial charge in [0.2, 0.25) is 0 Å². The third kappa shape index (κ3) is 2.55. The number of imidazole rings is 1. The highest BCUT2D eigenvalue weighted by molar-refractivity contribution is 5.94. The molecule has 2 aromatic heterocycles. The zero-order chi connectivity index (χ0) is 15.8. The van der Waals surface area contributed by atoms with E-state index in [2.05, 4.69) is 32.0 Å². The minimum absolute atomic E-state index is 0.0446. The topological polar surface area (TPSA) is 78.8 Å². The first-order valence-electron chi connectivity index (χ1n) is 8.27. The summed E-state index contributed by atoms with van der Waals surface area (Å²) < 4.78 is 2.12. The van der Waals surface area contributed by atoms with Crippen molar-refractivity contribution in [3.63, 3.8) is 0 Å². The van der Waals surface area contributed by atoms with Gasteiger partial charge in [-0.2, -0.15) is 5.10 Å². The first-order valence-corrected chi connectivity index (χ1v) is 8.27. The Kier molecular flexibility index (Phi) is 3.65. The highest BCUT2D eigenvalue weighted by atomic mass is 16.2. The second-order valence-electron chi connectivity index (χ2n) is 6.55. The number of rotatable bonds is 2. The zero-order valence-electron chi connectivity index (χ0n) is 13.3. The molecule has 2 unspecified atom stereocenters. The summed E-state index contributed by atoms with van der Waals surface area (Å²) in [6.45, 7) is 5.41. The van der Waals surface area contributed by atoms with Crippen LogP contribution in [0.1, 0.15) is 41.1 Å². The van der Waals surface area contributed by atoms with Crippen molar-refractivity contribution in [2.24, 2.45) is 5.92 Å². The molecular formula is C16H22N6O. The lowest BCUT2D eigenvalue weighted by atomic mass is 9.93. The summed E-state index contributed by atoms with van der Waals surface area (Å²) in [5.41, 5.74) is 2.73. The van der Waals surface area contributed by atoms with Gasteiger partial charge < -0.3 is 14.8 Å². The van der Waals surface area contributed by atoms with Crippen LogP contribution < -0.4 is 5.32 Å². The minimum Gasteiger partial charge on any atom is -0.335 e. The average Bonchev–Trinajstić information content (AvgIpc) is 3.24. The Labute approximate surface area is 135 Å². The van der Waals surface area contributed by atoms with Crippen LogP contribution in [-0.4, -0.2) is 50.2 Å². The fourth-order valence-corrected chi connectivity index (χ4v) is 3.64. The minimum atomic E-state index is 0.0446. The van der Waals surface area contributed by atoms with Crippen LogP contribution in [0, 0.1) is 5.92 Å². The molecule has 2 aromatic rings.